The molecule has 116 valence electrons. The van der Waals surface area contributed by atoms with E-state index in [9.17, 15) is 14.4 Å². The van der Waals surface area contributed by atoms with Gasteiger partial charge >= 0.3 is 6.03 Å². The van der Waals surface area contributed by atoms with Crippen LogP contribution >= 0.6 is 0 Å². The van der Waals surface area contributed by atoms with E-state index in [4.69, 9.17) is 0 Å². The van der Waals surface area contributed by atoms with Crippen LogP contribution in [0.15, 0.2) is 42.7 Å². The zero-order chi connectivity index (χ0) is 16.4. The fourth-order valence-electron chi connectivity index (χ4n) is 2.30. The number of anilines is 1. The van der Waals surface area contributed by atoms with Crippen molar-refractivity contribution >= 4 is 23.5 Å². The van der Waals surface area contributed by atoms with Crippen molar-refractivity contribution in [2.75, 3.05) is 12.4 Å². The zero-order valence-electron chi connectivity index (χ0n) is 12.4. The van der Waals surface area contributed by atoms with Crippen molar-refractivity contribution in [3.8, 4) is 0 Å². The van der Waals surface area contributed by atoms with Crippen LogP contribution in [-0.4, -0.2) is 34.8 Å². The molecule has 0 aliphatic carbocycles. The highest BCUT2D eigenvalue weighted by atomic mass is 16.2. The average molecular weight is 310 g/mol. The molecule has 0 atom stereocenters. The molecule has 1 aromatic carbocycles. The Morgan fingerprint density at radius 3 is 2.70 bits per heavy atom. The van der Waals surface area contributed by atoms with E-state index in [0.29, 0.717) is 23.4 Å². The fourth-order valence-corrected chi connectivity index (χ4v) is 2.30. The molecular weight excluding hydrogens is 296 g/mol. The maximum atomic E-state index is 11.9. The summed E-state index contributed by atoms with van der Waals surface area (Å²) in [6, 6.07) is 7.86. The molecule has 0 unspecified atom stereocenters. The van der Waals surface area contributed by atoms with Gasteiger partial charge in [0.25, 0.3) is 11.8 Å². The van der Waals surface area contributed by atoms with Gasteiger partial charge in [0.1, 0.15) is 0 Å². The Kier molecular flexibility index (Phi) is 3.76. The molecule has 23 heavy (non-hydrogen) atoms. The summed E-state index contributed by atoms with van der Waals surface area (Å²) >= 11 is 0. The number of fused-ring (bicyclic) bond motifs is 1. The standard InChI is InChI=1S/C16H14N4O3/c1-20-14(21)12-5-4-11(7-13(12)15(20)22)19-16(23)18-9-10-3-2-6-17-8-10/h2-8H,9H2,1H3,(H2,18,19,23). The topological polar surface area (TPSA) is 91.4 Å². The van der Waals surface area contributed by atoms with Gasteiger partial charge in [-0.1, -0.05) is 6.07 Å². The number of nitrogens with one attached hydrogen (secondary N) is 2. The molecule has 3 rings (SSSR count). The lowest BCUT2D eigenvalue weighted by molar-refractivity contribution is 0.0693. The van der Waals surface area contributed by atoms with E-state index in [-0.39, 0.29) is 11.8 Å². The molecule has 7 heteroatoms. The highest BCUT2D eigenvalue weighted by Gasteiger charge is 2.32. The SMILES string of the molecule is CN1C(=O)c2ccc(NC(=O)NCc3cccnc3)cc2C1=O. The Morgan fingerprint density at radius 2 is 1.96 bits per heavy atom. The number of nitrogens with zero attached hydrogens (tertiary/aromatic N) is 2. The molecule has 0 saturated heterocycles. The summed E-state index contributed by atoms with van der Waals surface area (Å²) in [5.41, 5.74) is 1.96. The average Bonchev–Trinajstić information content (AvgIpc) is 2.78. The Hall–Kier alpha value is -3.22. The molecule has 1 aliphatic heterocycles. The molecule has 2 N–H and O–H groups in total. The summed E-state index contributed by atoms with van der Waals surface area (Å²) in [6.07, 6.45) is 3.32. The summed E-state index contributed by atoms with van der Waals surface area (Å²) in [7, 11) is 1.43. The van der Waals surface area contributed by atoms with Gasteiger partial charge in [-0.25, -0.2) is 4.79 Å². The minimum absolute atomic E-state index is 0.294. The van der Waals surface area contributed by atoms with Gasteiger partial charge in [-0.2, -0.15) is 0 Å². The first-order valence-electron chi connectivity index (χ1n) is 6.96. The third kappa shape index (κ3) is 2.89. The first-order chi connectivity index (χ1) is 11.1. The van der Waals surface area contributed by atoms with Crippen LogP contribution in [0.25, 0.3) is 0 Å². The summed E-state index contributed by atoms with van der Waals surface area (Å²) < 4.78 is 0. The van der Waals surface area contributed by atoms with E-state index in [1.807, 2.05) is 6.07 Å². The van der Waals surface area contributed by atoms with Gasteiger partial charge in [0, 0.05) is 31.7 Å². The third-order valence-corrected chi connectivity index (χ3v) is 3.52. The van der Waals surface area contributed by atoms with Crippen molar-refractivity contribution in [2.45, 2.75) is 6.54 Å². The van der Waals surface area contributed by atoms with Gasteiger partial charge in [0.15, 0.2) is 0 Å². The molecule has 0 fully saturated rings. The molecule has 1 aromatic heterocycles. The molecule has 0 spiro atoms. The van der Waals surface area contributed by atoms with Gasteiger partial charge < -0.3 is 10.6 Å². The largest absolute Gasteiger partial charge is 0.334 e. The molecule has 7 nitrogen and oxygen atoms in total. The number of rotatable bonds is 3. The molecule has 0 saturated carbocycles. The van der Waals surface area contributed by atoms with Crippen molar-refractivity contribution in [1.82, 2.24) is 15.2 Å². The number of aromatic nitrogens is 1. The summed E-state index contributed by atoms with van der Waals surface area (Å²) in [5, 5.41) is 5.33. The van der Waals surface area contributed by atoms with Crippen LogP contribution in [0.4, 0.5) is 10.5 Å². The second kappa shape index (κ2) is 5.88. The quantitative estimate of drug-likeness (QED) is 0.843. The molecule has 2 heterocycles. The molecule has 0 bridgehead atoms. The Balaban J connectivity index is 1.66. The van der Waals surface area contributed by atoms with Gasteiger partial charge in [-0.15, -0.1) is 0 Å². The van der Waals surface area contributed by atoms with Crippen molar-refractivity contribution in [3.63, 3.8) is 0 Å². The predicted molar refractivity (Wildman–Crippen MR) is 83.0 cm³/mol. The number of amides is 4. The minimum Gasteiger partial charge on any atom is -0.334 e. The normalized spacial score (nSPS) is 13.0. The van der Waals surface area contributed by atoms with Gasteiger partial charge in [-0.05, 0) is 29.8 Å². The number of carbonyl (C=O) groups is 3. The van der Waals surface area contributed by atoms with E-state index in [1.165, 1.54) is 19.2 Å². The zero-order valence-corrected chi connectivity index (χ0v) is 12.4. The Morgan fingerprint density at radius 1 is 1.17 bits per heavy atom. The van der Waals surface area contributed by atoms with Crippen molar-refractivity contribution in [2.24, 2.45) is 0 Å². The third-order valence-electron chi connectivity index (χ3n) is 3.52. The van der Waals surface area contributed by atoms with Crippen LogP contribution in [0.1, 0.15) is 26.3 Å². The summed E-state index contributed by atoms with van der Waals surface area (Å²) in [5.74, 6) is -0.706. The molecule has 1 aliphatic rings. The highest BCUT2D eigenvalue weighted by molar-refractivity contribution is 6.21. The van der Waals surface area contributed by atoms with Crippen LogP contribution < -0.4 is 10.6 Å². The number of imide groups is 1. The summed E-state index contributed by atoms with van der Waals surface area (Å²) in [4.78, 5) is 40.6. The van der Waals surface area contributed by atoms with Crippen molar-refractivity contribution in [3.05, 3.63) is 59.4 Å². The first kappa shape index (κ1) is 14.7. The molecular formula is C16H14N4O3. The van der Waals surface area contributed by atoms with Crippen LogP contribution in [-0.2, 0) is 6.54 Å². The number of benzene rings is 1. The minimum atomic E-state index is -0.404. The number of urea groups is 1. The smallest absolute Gasteiger partial charge is 0.319 e. The maximum Gasteiger partial charge on any atom is 0.319 e. The molecule has 0 radical (unpaired) electrons. The van der Waals surface area contributed by atoms with Crippen molar-refractivity contribution < 1.29 is 14.4 Å². The molecule has 2 aromatic rings. The fraction of sp³-hybridized carbons (Fsp3) is 0.125. The van der Waals surface area contributed by atoms with Crippen LogP contribution in [0.2, 0.25) is 0 Å². The van der Waals surface area contributed by atoms with E-state index >= 15 is 0 Å². The highest BCUT2D eigenvalue weighted by Crippen LogP contribution is 2.24. The van der Waals surface area contributed by atoms with Crippen LogP contribution in [0.5, 0.6) is 0 Å². The van der Waals surface area contributed by atoms with E-state index in [1.54, 1.807) is 24.5 Å². The summed E-state index contributed by atoms with van der Waals surface area (Å²) in [6.45, 7) is 0.338. The Bertz CT molecular complexity index is 789. The lowest BCUT2D eigenvalue weighted by Crippen LogP contribution is -2.28. The second-order valence-corrected chi connectivity index (χ2v) is 5.10. The second-order valence-electron chi connectivity index (χ2n) is 5.10. The number of pyridine rings is 1. The van der Waals surface area contributed by atoms with Crippen LogP contribution in [0, 0.1) is 0 Å². The maximum absolute atomic E-state index is 11.9. The van der Waals surface area contributed by atoms with E-state index in [2.05, 4.69) is 15.6 Å². The van der Waals surface area contributed by atoms with Gasteiger partial charge in [0.05, 0.1) is 11.1 Å². The lowest BCUT2D eigenvalue weighted by atomic mass is 10.1. The van der Waals surface area contributed by atoms with Crippen LogP contribution in [0.3, 0.4) is 0 Å². The van der Waals surface area contributed by atoms with Gasteiger partial charge in [0.2, 0.25) is 0 Å². The number of hydrogen-bond acceptors (Lipinski definition) is 4. The Labute approximate surface area is 132 Å². The monoisotopic (exact) mass is 310 g/mol. The predicted octanol–water partition coefficient (Wildman–Crippen LogP) is 1.63. The van der Waals surface area contributed by atoms with E-state index < -0.39 is 6.03 Å². The molecule has 4 amide bonds. The number of carbonyl (C=O) groups excluding carboxylic acids is 3. The number of hydrogen-bond donors (Lipinski definition) is 2. The van der Waals surface area contributed by atoms with E-state index in [0.717, 1.165) is 10.5 Å². The van der Waals surface area contributed by atoms with Gasteiger partial charge in [-0.3, -0.25) is 19.5 Å². The first-order valence-corrected chi connectivity index (χ1v) is 6.96. The lowest BCUT2D eigenvalue weighted by Gasteiger charge is -2.08. The van der Waals surface area contributed by atoms with Crippen molar-refractivity contribution in [1.29, 1.82) is 0 Å².